The third-order valence-electron chi connectivity index (χ3n) is 6.54. The molecule has 3 aromatic carbocycles. The monoisotopic (exact) mass is 569 g/mol. The predicted molar refractivity (Wildman–Crippen MR) is 156 cm³/mol. The van der Waals surface area contributed by atoms with Gasteiger partial charge in [0.1, 0.15) is 12.6 Å². The summed E-state index contributed by atoms with van der Waals surface area (Å²) in [6.07, 6.45) is 1.14. The first-order valence-corrected chi connectivity index (χ1v) is 14.9. The fourth-order valence-electron chi connectivity index (χ4n) is 4.23. The third kappa shape index (κ3) is 7.61. The van der Waals surface area contributed by atoms with Crippen LogP contribution in [0.15, 0.2) is 77.7 Å². The normalized spacial score (nSPS) is 12.0. The van der Waals surface area contributed by atoms with Crippen LogP contribution in [0.25, 0.3) is 0 Å². The maximum absolute atomic E-state index is 14.0. The van der Waals surface area contributed by atoms with E-state index < -0.39 is 28.5 Å². The van der Waals surface area contributed by atoms with Crippen LogP contribution in [0.3, 0.4) is 0 Å². The number of halogens is 1. The second-order valence-electron chi connectivity index (χ2n) is 9.46. The molecule has 3 aromatic rings. The first-order chi connectivity index (χ1) is 18.6. The van der Waals surface area contributed by atoms with Crippen molar-refractivity contribution in [3.63, 3.8) is 0 Å². The predicted octanol–water partition coefficient (Wildman–Crippen LogP) is 5.49. The first kappa shape index (κ1) is 30.2. The van der Waals surface area contributed by atoms with Crippen molar-refractivity contribution in [1.82, 2.24) is 10.2 Å². The minimum Gasteiger partial charge on any atom is -0.354 e. The molecule has 208 valence electrons. The number of amides is 2. The number of hydrogen-bond donors (Lipinski definition) is 1. The van der Waals surface area contributed by atoms with Crippen molar-refractivity contribution < 1.29 is 18.0 Å². The number of nitrogens with zero attached hydrogens (tertiary/aromatic N) is 2. The second-order valence-corrected chi connectivity index (χ2v) is 11.8. The van der Waals surface area contributed by atoms with Gasteiger partial charge in [-0.1, -0.05) is 67.4 Å². The molecule has 7 nitrogen and oxygen atoms in total. The Morgan fingerprint density at radius 1 is 0.923 bits per heavy atom. The molecule has 0 spiro atoms. The Balaban J connectivity index is 2.05. The van der Waals surface area contributed by atoms with E-state index in [2.05, 4.69) is 5.32 Å². The topological polar surface area (TPSA) is 86.8 Å². The Hall–Kier alpha value is -3.36. The van der Waals surface area contributed by atoms with E-state index in [1.807, 2.05) is 52.0 Å². The molecule has 9 heteroatoms. The maximum atomic E-state index is 14.0. The lowest BCUT2D eigenvalue weighted by atomic mass is 10.1. The zero-order valence-corrected chi connectivity index (χ0v) is 24.4. The molecule has 0 bridgehead atoms. The zero-order chi connectivity index (χ0) is 28.6. The number of nitrogens with one attached hydrogen (secondary N) is 1. The molecule has 0 saturated heterocycles. The number of anilines is 1. The van der Waals surface area contributed by atoms with Crippen molar-refractivity contribution in [2.45, 2.75) is 58.0 Å². The standard InChI is InChI=1S/C30H36ClN3O4S/c1-5-19-32-30(36)28(6-2)33(20-24-10-8-7-9-23(24)4)29(35)21-34(26-15-11-22(3)12-16-26)39(37,38)27-17-13-25(31)14-18-27/h7-18,28H,5-6,19-21H2,1-4H3,(H,32,36)/t28-/m1/s1. The highest BCUT2D eigenvalue weighted by molar-refractivity contribution is 7.92. The molecule has 0 saturated carbocycles. The molecule has 0 aliphatic heterocycles. The average molecular weight is 570 g/mol. The number of aryl methyl sites for hydroxylation is 2. The molecule has 0 aliphatic rings. The van der Waals surface area contributed by atoms with E-state index in [0.29, 0.717) is 23.7 Å². The minimum atomic E-state index is -4.13. The summed E-state index contributed by atoms with van der Waals surface area (Å²) in [4.78, 5) is 28.7. The molecule has 0 unspecified atom stereocenters. The smallest absolute Gasteiger partial charge is 0.264 e. The van der Waals surface area contributed by atoms with Crippen molar-refractivity contribution in [3.05, 3.63) is 94.5 Å². The number of carbonyl (C=O) groups excluding carboxylic acids is 2. The summed E-state index contributed by atoms with van der Waals surface area (Å²) in [6, 6.07) is 19.7. The Kier molecular flexibility index (Phi) is 10.5. The van der Waals surface area contributed by atoms with Gasteiger partial charge in [0, 0.05) is 18.1 Å². The van der Waals surface area contributed by atoms with Gasteiger partial charge in [-0.2, -0.15) is 0 Å². The van der Waals surface area contributed by atoms with Gasteiger partial charge in [0.05, 0.1) is 10.6 Å². The summed E-state index contributed by atoms with van der Waals surface area (Å²) in [6.45, 7) is 7.83. The van der Waals surface area contributed by atoms with Crippen LogP contribution in [0.4, 0.5) is 5.69 Å². The lowest BCUT2D eigenvalue weighted by Crippen LogP contribution is -2.52. The van der Waals surface area contributed by atoms with E-state index in [1.54, 1.807) is 24.3 Å². The molecule has 1 atom stereocenters. The van der Waals surface area contributed by atoms with E-state index >= 15 is 0 Å². The van der Waals surface area contributed by atoms with Crippen LogP contribution in [0, 0.1) is 13.8 Å². The summed E-state index contributed by atoms with van der Waals surface area (Å²) in [5, 5.41) is 3.30. The molecule has 3 rings (SSSR count). The highest BCUT2D eigenvalue weighted by Crippen LogP contribution is 2.26. The molecule has 0 aromatic heterocycles. The summed E-state index contributed by atoms with van der Waals surface area (Å²) in [5.74, 6) is -0.737. The van der Waals surface area contributed by atoms with Gasteiger partial charge in [-0.15, -0.1) is 0 Å². The largest absolute Gasteiger partial charge is 0.354 e. The summed E-state index contributed by atoms with van der Waals surface area (Å²) in [7, 11) is -4.13. The van der Waals surface area contributed by atoms with E-state index in [0.717, 1.165) is 27.4 Å². The summed E-state index contributed by atoms with van der Waals surface area (Å²) >= 11 is 6.00. The van der Waals surface area contributed by atoms with Crippen molar-refractivity contribution in [1.29, 1.82) is 0 Å². The average Bonchev–Trinajstić information content (AvgIpc) is 2.92. The van der Waals surface area contributed by atoms with E-state index in [4.69, 9.17) is 11.6 Å². The summed E-state index contributed by atoms with van der Waals surface area (Å²) < 4.78 is 28.8. The van der Waals surface area contributed by atoms with Gasteiger partial charge in [0.25, 0.3) is 10.0 Å². The fraction of sp³-hybridized carbons (Fsp3) is 0.333. The van der Waals surface area contributed by atoms with Crippen LogP contribution in [-0.4, -0.2) is 44.3 Å². The molecule has 2 amide bonds. The van der Waals surface area contributed by atoms with Crippen LogP contribution in [0.5, 0.6) is 0 Å². The van der Waals surface area contributed by atoms with Gasteiger partial charge >= 0.3 is 0 Å². The molecular weight excluding hydrogens is 534 g/mol. The molecule has 0 heterocycles. The van der Waals surface area contributed by atoms with E-state index in [-0.39, 0.29) is 17.3 Å². The molecule has 1 N–H and O–H groups in total. The van der Waals surface area contributed by atoms with E-state index in [9.17, 15) is 18.0 Å². The zero-order valence-electron chi connectivity index (χ0n) is 22.9. The maximum Gasteiger partial charge on any atom is 0.264 e. The highest BCUT2D eigenvalue weighted by atomic mass is 35.5. The number of rotatable bonds is 12. The Labute approximate surface area is 236 Å². The molecule has 39 heavy (non-hydrogen) atoms. The van der Waals surface area contributed by atoms with Crippen LogP contribution < -0.4 is 9.62 Å². The quantitative estimate of drug-likeness (QED) is 0.313. The highest BCUT2D eigenvalue weighted by Gasteiger charge is 2.33. The molecular formula is C30H36ClN3O4S. The Morgan fingerprint density at radius 2 is 1.56 bits per heavy atom. The third-order valence-corrected chi connectivity index (χ3v) is 8.58. The number of sulfonamides is 1. The first-order valence-electron chi connectivity index (χ1n) is 13.0. The van der Waals surface area contributed by atoms with Gasteiger partial charge in [-0.3, -0.25) is 13.9 Å². The van der Waals surface area contributed by atoms with Crippen molar-refractivity contribution in [2.24, 2.45) is 0 Å². The van der Waals surface area contributed by atoms with Gasteiger partial charge in [0.15, 0.2) is 0 Å². The fourth-order valence-corrected chi connectivity index (χ4v) is 5.77. The van der Waals surface area contributed by atoms with Crippen LogP contribution in [0.1, 0.15) is 43.4 Å². The number of benzene rings is 3. The Bertz CT molecular complexity index is 1380. The van der Waals surface area contributed by atoms with Crippen LogP contribution in [-0.2, 0) is 26.2 Å². The van der Waals surface area contributed by atoms with Gasteiger partial charge in [-0.25, -0.2) is 8.42 Å². The molecule has 0 radical (unpaired) electrons. The minimum absolute atomic E-state index is 0.0125. The van der Waals surface area contributed by atoms with Crippen molar-refractivity contribution >= 4 is 39.1 Å². The van der Waals surface area contributed by atoms with E-state index in [1.165, 1.54) is 29.2 Å². The Morgan fingerprint density at radius 3 is 2.15 bits per heavy atom. The van der Waals surface area contributed by atoms with Crippen LogP contribution in [0.2, 0.25) is 5.02 Å². The second kappa shape index (κ2) is 13.6. The number of hydrogen-bond acceptors (Lipinski definition) is 4. The van der Waals surface area contributed by atoms with Gasteiger partial charge in [0.2, 0.25) is 11.8 Å². The lowest BCUT2D eigenvalue weighted by Gasteiger charge is -2.33. The van der Waals surface area contributed by atoms with Crippen molar-refractivity contribution in [2.75, 3.05) is 17.4 Å². The number of carbonyl (C=O) groups is 2. The molecule has 0 fully saturated rings. The molecule has 0 aliphatic carbocycles. The summed E-state index contributed by atoms with van der Waals surface area (Å²) in [5.41, 5.74) is 3.16. The van der Waals surface area contributed by atoms with Gasteiger partial charge < -0.3 is 10.2 Å². The van der Waals surface area contributed by atoms with Gasteiger partial charge in [-0.05, 0) is 74.2 Å². The lowest BCUT2D eigenvalue weighted by molar-refractivity contribution is -0.140. The van der Waals surface area contributed by atoms with Crippen LogP contribution >= 0.6 is 11.6 Å². The van der Waals surface area contributed by atoms with Crippen molar-refractivity contribution in [3.8, 4) is 0 Å². The SMILES string of the molecule is CCCNC(=O)[C@@H](CC)N(Cc1ccccc1C)C(=O)CN(c1ccc(C)cc1)S(=O)(=O)c1ccc(Cl)cc1.